The lowest BCUT2D eigenvalue weighted by atomic mass is 9.98. The third-order valence-electron chi connectivity index (χ3n) is 3.63. The Bertz CT molecular complexity index is 643. The summed E-state index contributed by atoms with van der Waals surface area (Å²) >= 11 is 5.88. The van der Waals surface area contributed by atoms with Crippen LogP contribution < -0.4 is 4.74 Å². The molecule has 3 heteroatoms. The van der Waals surface area contributed by atoms with Crippen molar-refractivity contribution in [3.8, 4) is 11.8 Å². The van der Waals surface area contributed by atoms with Crippen molar-refractivity contribution in [2.24, 2.45) is 0 Å². The van der Waals surface area contributed by atoms with Gasteiger partial charge in [-0.05, 0) is 41.3 Å². The summed E-state index contributed by atoms with van der Waals surface area (Å²) < 4.78 is 5.80. The lowest BCUT2D eigenvalue weighted by Gasteiger charge is -2.12. The van der Waals surface area contributed by atoms with Gasteiger partial charge < -0.3 is 4.74 Å². The highest BCUT2D eigenvalue weighted by Crippen LogP contribution is 2.23. The maximum absolute atomic E-state index is 9.32. The number of rotatable bonds is 6. The Morgan fingerprint density at radius 1 is 1.09 bits per heavy atom. The Labute approximate surface area is 137 Å². The average Bonchev–Trinajstić information content (AvgIpc) is 2.53. The van der Waals surface area contributed by atoms with Gasteiger partial charge in [0.25, 0.3) is 0 Å². The van der Waals surface area contributed by atoms with Crippen molar-refractivity contribution in [1.29, 1.82) is 5.26 Å². The van der Waals surface area contributed by atoms with E-state index in [9.17, 15) is 5.26 Å². The molecule has 0 saturated heterocycles. The van der Waals surface area contributed by atoms with E-state index >= 15 is 0 Å². The Balaban J connectivity index is 1.93. The van der Waals surface area contributed by atoms with Crippen molar-refractivity contribution in [3.05, 3.63) is 64.7 Å². The van der Waals surface area contributed by atoms with Crippen molar-refractivity contribution in [2.45, 2.75) is 32.1 Å². The number of benzene rings is 2. The normalized spacial score (nSPS) is 12.0. The summed E-state index contributed by atoms with van der Waals surface area (Å²) in [6.45, 7) is 4.83. The molecule has 0 saturated carbocycles. The van der Waals surface area contributed by atoms with Crippen LogP contribution in [0.4, 0.5) is 0 Å². The van der Waals surface area contributed by atoms with Crippen LogP contribution in [-0.2, 0) is 0 Å². The van der Waals surface area contributed by atoms with Gasteiger partial charge in [-0.3, -0.25) is 0 Å². The maximum Gasteiger partial charge on any atom is 0.119 e. The number of nitrogens with zero attached hydrogens (tertiary/aromatic N) is 1. The monoisotopic (exact) mass is 313 g/mol. The summed E-state index contributed by atoms with van der Waals surface area (Å²) in [5.41, 5.74) is 2.23. The van der Waals surface area contributed by atoms with Gasteiger partial charge in [-0.15, -0.1) is 0 Å². The predicted molar refractivity (Wildman–Crippen MR) is 90.4 cm³/mol. The van der Waals surface area contributed by atoms with Gasteiger partial charge in [0.1, 0.15) is 5.75 Å². The largest absolute Gasteiger partial charge is 0.494 e. The first-order valence-electron chi connectivity index (χ1n) is 7.48. The zero-order valence-electron chi connectivity index (χ0n) is 12.9. The molecular weight excluding hydrogens is 294 g/mol. The molecule has 2 aromatic rings. The highest BCUT2D eigenvalue weighted by molar-refractivity contribution is 6.30. The van der Waals surface area contributed by atoms with Crippen LogP contribution in [-0.4, -0.2) is 6.61 Å². The van der Waals surface area contributed by atoms with Crippen molar-refractivity contribution >= 4 is 11.6 Å². The van der Waals surface area contributed by atoms with E-state index in [1.54, 1.807) is 0 Å². The molecule has 0 radical (unpaired) electrons. The molecule has 0 aromatic heterocycles. The minimum Gasteiger partial charge on any atom is -0.494 e. The molecule has 0 amide bonds. The molecule has 0 bridgehead atoms. The Morgan fingerprint density at radius 3 is 2.45 bits per heavy atom. The first-order valence-corrected chi connectivity index (χ1v) is 7.86. The van der Waals surface area contributed by atoms with Crippen LogP contribution in [0.25, 0.3) is 0 Å². The Hall–Kier alpha value is -1.98. The zero-order chi connectivity index (χ0) is 15.9. The zero-order valence-corrected chi connectivity index (χ0v) is 13.7. The van der Waals surface area contributed by atoms with E-state index in [0.717, 1.165) is 11.3 Å². The Kier molecular flexibility index (Phi) is 5.86. The van der Waals surface area contributed by atoms with E-state index in [1.807, 2.05) is 36.4 Å². The van der Waals surface area contributed by atoms with Crippen LogP contribution in [0.2, 0.25) is 5.02 Å². The van der Waals surface area contributed by atoms with Crippen molar-refractivity contribution < 1.29 is 4.74 Å². The fourth-order valence-electron chi connectivity index (χ4n) is 2.26. The fourth-order valence-corrected chi connectivity index (χ4v) is 2.38. The van der Waals surface area contributed by atoms with Crippen LogP contribution in [0.15, 0.2) is 48.5 Å². The molecule has 0 heterocycles. The number of halogens is 1. The van der Waals surface area contributed by atoms with Crippen molar-refractivity contribution in [1.82, 2.24) is 0 Å². The summed E-state index contributed by atoms with van der Waals surface area (Å²) in [4.78, 5) is 0. The maximum atomic E-state index is 9.32. The summed E-state index contributed by atoms with van der Waals surface area (Å²) in [5.74, 6) is 1.16. The van der Waals surface area contributed by atoms with Gasteiger partial charge in [-0.1, -0.05) is 49.7 Å². The highest BCUT2D eigenvalue weighted by atomic mass is 35.5. The number of nitriles is 1. The van der Waals surface area contributed by atoms with Crippen molar-refractivity contribution in [3.63, 3.8) is 0 Å². The summed E-state index contributed by atoms with van der Waals surface area (Å²) in [7, 11) is 0. The molecule has 0 spiro atoms. The topological polar surface area (TPSA) is 33.0 Å². The standard InChI is InChI=1S/C19H20ClNO/c1-14(2)16-4-3-5-19(12-16)22-11-10-17(13-21)15-6-8-18(20)9-7-15/h3-9,12,14,17H,10-11H2,1-2H3. The third-order valence-corrected chi connectivity index (χ3v) is 3.88. The van der Waals surface area contributed by atoms with Crippen LogP contribution in [0.3, 0.4) is 0 Å². The van der Waals surface area contributed by atoms with E-state index < -0.39 is 0 Å². The molecule has 0 fully saturated rings. The minimum absolute atomic E-state index is 0.175. The highest BCUT2D eigenvalue weighted by Gasteiger charge is 2.11. The molecule has 114 valence electrons. The second-order valence-electron chi connectivity index (χ2n) is 5.60. The quantitative estimate of drug-likeness (QED) is 0.701. The van der Waals surface area contributed by atoms with Crippen LogP contribution in [0, 0.1) is 11.3 Å². The lowest BCUT2D eigenvalue weighted by Crippen LogP contribution is -2.04. The van der Waals surface area contributed by atoms with Gasteiger partial charge in [0, 0.05) is 11.4 Å². The molecule has 1 atom stereocenters. The first kappa shape index (κ1) is 16.4. The number of ether oxygens (including phenoxy) is 1. The van der Waals surface area contributed by atoms with Crippen molar-refractivity contribution in [2.75, 3.05) is 6.61 Å². The minimum atomic E-state index is -0.175. The van der Waals surface area contributed by atoms with Gasteiger partial charge >= 0.3 is 0 Å². The Morgan fingerprint density at radius 2 is 1.82 bits per heavy atom. The molecular formula is C19H20ClNO. The molecule has 22 heavy (non-hydrogen) atoms. The van der Waals surface area contributed by atoms with Gasteiger partial charge in [0.2, 0.25) is 0 Å². The van der Waals surface area contributed by atoms with Gasteiger partial charge in [0.15, 0.2) is 0 Å². The molecule has 0 aliphatic carbocycles. The smallest absolute Gasteiger partial charge is 0.119 e. The molecule has 2 nitrogen and oxygen atoms in total. The van der Waals surface area contributed by atoms with E-state index in [4.69, 9.17) is 16.3 Å². The summed E-state index contributed by atoms with van der Waals surface area (Å²) in [6, 6.07) is 17.9. The second kappa shape index (κ2) is 7.87. The molecule has 1 unspecified atom stereocenters. The third kappa shape index (κ3) is 4.51. The SMILES string of the molecule is CC(C)c1cccc(OCCC(C#N)c2ccc(Cl)cc2)c1. The number of hydrogen-bond donors (Lipinski definition) is 0. The van der Waals surface area contributed by atoms with Crippen LogP contribution >= 0.6 is 11.6 Å². The lowest BCUT2D eigenvalue weighted by molar-refractivity contribution is 0.305. The van der Waals surface area contributed by atoms with Crippen LogP contribution in [0.1, 0.15) is 43.2 Å². The van der Waals surface area contributed by atoms with Crippen LogP contribution in [0.5, 0.6) is 5.75 Å². The summed E-state index contributed by atoms with van der Waals surface area (Å²) in [6.07, 6.45) is 0.657. The first-order chi connectivity index (χ1) is 10.6. The molecule has 2 aromatic carbocycles. The predicted octanol–water partition coefficient (Wildman–Crippen LogP) is 5.54. The van der Waals surface area contributed by atoms with Gasteiger partial charge in [0.05, 0.1) is 18.6 Å². The second-order valence-corrected chi connectivity index (χ2v) is 6.03. The van der Waals surface area contributed by atoms with Gasteiger partial charge in [-0.2, -0.15) is 5.26 Å². The van der Waals surface area contributed by atoms with E-state index in [0.29, 0.717) is 24.0 Å². The van der Waals surface area contributed by atoms with E-state index in [-0.39, 0.29) is 5.92 Å². The molecule has 0 N–H and O–H groups in total. The number of hydrogen-bond acceptors (Lipinski definition) is 2. The van der Waals surface area contributed by atoms with E-state index in [2.05, 4.69) is 32.0 Å². The molecule has 2 rings (SSSR count). The summed E-state index contributed by atoms with van der Waals surface area (Å²) in [5, 5.41) is 10.0. The molecule has 0 aliphatic heterocycles. The van der Waals surface area contributed by atoms with E-state index in [1.165, 1.54) is 5.56 Å². The van der Waals surface area contributed by atoms with Gasteiger partial charge in [-0.25, -0.2) is 0 Å². The fraction of sp³-hybridized carbons (Fsp3) is 0.316. The average molecular weight is 314 g/mol. The molecule has 0 aliphatic rings.